The summed E-state index contributed by atoms with van der Waals surface area (Å²) >= 11 is 0.737. The Kier molecular flexibility index (Phi) is 10.6. The van der Waals surface area contributed by atoms with Crippen molar-refractivity contribution in [1.82, 2.24) is 14.8 Å². The van der Waals surface area contributed by atoms with Crippen molar-refractivity contribution in [2.45, 2.75) is 58.0 Å². The number of rotatable bonds is 9. The van der Waals surface area contributed by atoms with Crippen LogP contribution in [0.25, 0.3) is 10.6 Å². The molecule has 0 bridgehead atoms. The predicted molar refractivity (Wildman–Crippen MR) is 178 cm³/mol. The molecule has 1 saturated heterocycles. The number of aryl methyl sites for hydroxylation is 1. The van der Waals surface area contributed by atoms with Gasteiger partial charge in [-0.2, -0.15) is 5.10 Å². The first-order valence-corrected chi connectivity index (χ1v) is 16.1. The zero-order valence-corrected chi connectivity index (χ0v) is 28.1. The van der Waals surface area contributed by atoms with Gasteiger partial charge in [0.15, 0.2) is 11.5 Å². The molecular formula is C33H38F2N6O6S. The van der Waals surface area contributed by atoms with Gasteiger partial charge in [-0.25, -0.2) is 18.6 Å². The molecule has 0 radical (unpaired) electrons. The van der Waals surface area contributed by atoms with Gasteiger partial charge in [0.05, 0.1) is 37.7 Å². The lowest BCUT2D eigenvalue weighted by Crippen LogP contribution is -2.29. The number of nitrogens with one attached hydrogen (secondary N) is 2. The van der Waals surface area contributed by atoms with E-state index in [1.807, 2.05) is 29.2 Å². The Bertz CT molecular complexity index is 1740. The second-order valence-electron chi connectivity index (χ2n) is 12.2. The van der Waals surface area contributed by atoms with Crippen LogP contribution in [0.3, 0.4) is 0 Å². The van der Waals surface area contributed by atoms with Crippen LogP contribution in [0, 0.1) is 11.6 Å². The van der Waals surface area contributed by atoms with E-state index in [2.05, 4.69) is 20.7 Å². The summed E-state index contributed by atoms with van der Waals surface area (Å²) in [4.78, 5) is 32.6. The number of nitrogens with zero attached hydrogens (tertiary/aromatic N) is 4. The summed E-state index contributed by atoms with van der Waals surface area (Å²) < 4.78 is 47.6. The number of carbonyl (C=O) groups is 2. The van der Waals surface area contributed by atoms with Crippen LogP contribution in [-0.2, 0) is 23.1 Å². The number of anilines is 3. The summed E-state index contributed by atoms with van der Waals surface area (Å²) in [5, 5.41) is 20.3. The maximum atomic E-state index is 14.7. The number of aliphatic hydroxyl groups is 1. The van der Waals surface area contributed by atoms with E-state index in [-0.39, 0.29) is 15.7 Å². The number of amides is 2. The van der Waals surface area contributed by atoms with Crippen molar-refractivity contribution in [1.29, 1.82) is 0 Å². The van der Waals surface area contributed by atoms with Crippen LogP contribution in [0.1, 0.15) is 49.7 Å². The number of hydrogen-bond donors (Lipinski definition) is 3. The fraction of sp³-hybridized carbons (Fsp3) is 0.394. The van der Waals surface area contributed by atoms with Crippen molar-refractivity contribution >= 4 is 39.8 Å². The fourth-order valence-corrected chi connectivity index (χ4v) is 6.23. The van der Waals surface area contributed by atoms with Crippen molar-refractivity contribution < 1.29 is 37.7 Å². The minimum Gasteiger partial charge on any atom is -0.497 e. The first-order valence-electron chi connectivity index (χ1n) is 15.3. The van der Waals surface area contributed by atoms with Crippen molar-refractivity contribution in [3.8, 4) is 16.3 Å². The minimum absolute atomic E-state index is 0.0559. The van der Waals surface area contributed by atoms with E-state index in [1.165, 1.54) is 12.3 Å². The van der Waals surface area contributed by atoms with E-state index in [0.29, 0.717) is 44.0 Å². The summed E-state index contributed by atoms with van der Waals surface area (Å²) in [5.74, 6) is -1.17. The number of carbonyl (C=O) groups excluding carboxylic acids is 2. The summed E-state index contributed by atoms with van der Waals surface area (Å²) in [6.07, 6.45) is 0.375. The molecule has 0 saturated carbocycles. The number of hydrogen-bond acceptors (Lipinski definition) is 10. The second kappa shape index (κ2) is 14.7. The average Bonchev–Trinajstić information content (AvgIpc) is 3.54. The fourth-order valence-electron chi connectivity index (χ4n) is 5.23. The number of ether oxygens (including phenoxy) is 3. The van der Waals surface area contributed by atoms with Gasteiger partial charge in [0.25, 0.3) is 5.91 Å². The van der Waals surface area contributed by atoms with E-state index in [0.717, 1.165) is 34.8 Å². The third-order valence-corrected chi connectivity index (χ3v) is 8.51. The van der Waals surface area contributed by atoms with E-state index < -0.39 is 47.0 Å². The highest BCUT2D eigenvalue weighted by molar-refractivity contribution is 7.19. The summed E-state index contributed by atoms with van der Waals surface area (Å²) in [5.41, 5.74) is -0.254. The van der Waals surface area contributed by atoms with Crippen LogP contribution in [0.5, 0.6) is 5.75 Å². The van der Waals surface area contributed by atoms with Crippen LogP contribution < -0.4 is 20.3 Å². The normalized spacial score (nSPS) is 16.7. The topological polar surface area (TPSA) is 140 Å². The largest absolute Gasteiger partial charge is 0.497 e. The molecule has 4 aromatic rings. The third-order valence-electron chi connectivity index (χ3n) is 7.52. The smallest absolute Gasteiger partial charge is 0.412 e. The SMILES string of the molecule is COc1ccc(CO[C@@H]2CCN(c3c(NC(=O)c4nc(-c5c(F)cccc5F)sc4NC(=O)OC(C)(C)C)cnn3C)CC[C@H]2O)cc1. The molecule has 48 heavy (non-hydrogen) atoms. The molecule has 2 aromatic heterocycles. The molecule has 5 rings (SSSR count). The maximum absolute atomic E-state index is 14.7. The zero-order valence-electron chi connectivity index (χ0n) is 27.3. The standard InChI is InChI=1S/C33H38F2N6O6S/c1-33(2,3)47-32(44)39-30-27(38-29(48-30)26-21(34)7-6-8-22(26)35)28(43)37-23-17-36-40(4)31(23)41-15-13-24(42)25(14-16-41)46-18-19-9-11-20(45-5)12-10-19/h6-12,17,24-25,42H,13-16,18H2,1-5H3,(H,37,43)(H,39,44)/t24-,25-/m1/s1. The number of aromatic nitrogens is 3. The van der Waals surface area contributed by atoms with Gasteiger partial charge in [0, 0.05) is 20.1 Å². The highest BCUT2D eigenvalue weighted by Crippen LogP contribution is 2.36. The molecule has 1 aliphatic rings. The molecule has 1 fully saturated rings. The maximum Gasteiger partial charge on any atom is 0.412 e. The molecule has 3 heterocycles. The number of halogens is 2. The van der Waals surface area contributed by atoms with Crippen LogP contribution in [0.4, 0.5) is 30.1 Å². The Morgan fingerprint density at radius 1 is 1.06 bits per heavy atom. The molecule has 3 N–H and O–H groups in total. The Labute approximate surface area is 280 Å². The second-order valence-corrected chi connectivity index (χ2v) is 13.2. The Morgan fingerprint density at radius 2 is 1.75 bits per heavy atom. The predicted octanol–water partition coefficient (Wildman–Crippen LogP) is 5.98. The molecule has 2 amide bonds. The molecule has 0 aliphatic carbocycles. The van der Waals surface area contributed by atoms with Crippen molar-refractivity contribution in [2.75, 3.05) is 35.7 Å². The van der Waals surface area contributed by atoms with Gasteiger partial charge in [-0.3, -0.25) is 14.8 Å². The lowest BCUT2D eigenvalue weighted by molar-refractivity contribution is -0.0461. The van der Waals surface area contributed by atoms with Crippen LogP contribution in [-0.4, -0.2) is 69.9 Å². The van der Waals surface area contributed by atoms with Crippen molar-refractivity contribution in [3.63, 3.8) is 0 Å². The average molecular weight is 685 g/mol. The molecule has 12 nitrogen and oxygen atoms in total. The molecule has 0 spiro atoms. The van der Waals surface area contributed by atoms with Crippen LogP contribution in [0.15, 0.2) is 48.7 Å². The number of aliphatic hydroxyl groups excluding tert-OH is 1. The quantitative estimate of drug-likeness (QED) is 0.194. The van der Waals surface area contributed by atoms with Gasteiger partial charge in [-0.1, -0.05) is 29.5 Å². The van der Waals surface area contributed by atoms with E-state index in [1.54, 1.807) is 39.6 Å². The lowest BCUT2D eigenvalue weighted by Gasteiger charge is -2.24. The van der Waals surface area contributed by atoms with Gasteiger partial charge in [0.2, 0.25) is 0 Å². The molecular weight excluding hydrogens is 646 g/mol. The first-order chi connectivity index (χ1) is 22.8. The molecule has 15 heteroatoms. The van der Waals surface area contributed by atoms with Crippen molar-refractivity contribution in [3.05, 3.63) is 71.6 Å². The van der Waals surface area contributed by atoms with E-state index in [4.69, 9.17) is 14.2 Å². The highest BCUT2D eigenvalue weighted by Gasteiger charge is 2.30. The monoisotopic (exact) mass is 684 g/mol. The lowest BCUT2D eigenvalue weighted by atomic mass is 10.1. The van der Waals surface area contributed by atoms with Crippen LogP contribution >= 0.6 is 11.3 Å². The molecule has 2 atom stereocenters. The zero-order chi connectivity index (χ0) is 34.6. The molecule has 1 aliphatic heterocycles. The minimum atomic E-state index is -0.872. The summed E-state index contributed by atoms with van der Waals surface area (Å²) in [7, 11) is 3.33. The number of methoxy groups -OCH3 is 1. The van der Waals surface area contributed by atoms with Gasteiger partial charge >= 0.3 is 6.09 Å². The van der Waals surface area contributed by atoms with E-state index >= 15 is 0 Å². The highest BCUT2D eigenvalue weighted by atomic mass is 32.1. The Balaban J connectivity index is 1.34. The molecule has 2 aromatic carbocycles. The number of thiazole rings is 1. The Morgan fingerprint density at radius 3 is 2.42 bits per heavy atom. The molecule has 0 unspecified atom stereocenters. The first kappa shape index (κ1) is 34.7. The Hall–Kier alpha value is -4.60. The number of benzene rings is 2. The van der Waals surface area contributed by atoms with Gasteiger partial charge < -0.3 is 29.5 Å². The van der Waals surface area contributed by atoms with Crippen LogP contribution in [0.2, 0.25) is 0 Å². The molecule has 256 valence electrons. The summed E-state index contributed by atoms with van der Waals surface area (Å²) in [6, 6.07) is 10.9. The van der Waals surface area contributed by atoms with E-state index in [9.17, 15) is 23.5 Å². The van der Waals surface area contributed by atoms with Crippen molar-refractivity contribution in [2.24, 2.45) is 7.05 Å². The van der Waals surface area contributed by atoms with Gasteiger partial charge in [0.1, 0.15) is 38.7 Å². The summed E-state index contributed by atoms with van der Waals surface area (Å²) in [6.45, 7) is 6.29. The van der Waals surface area contributed by atoms with Gasteiger partial charge in [-0.05, 0) is 63.4 Å². The van der Waals surface area contributed by atoms with Gasteiger partial charge in [-0.15, -0.1) is 0 Å². The third kappa shape index (κ3) is 8.27.